The first kappa shape index (κ1) is 15.8. The van der Waals surface area contributed by atoms with Crippen molar-refractivity contribution >= 4 is 32.3 Å². The standard InChI is InChI=1S/C16H36Si4/c1-17(2,3)13-14(18(4,5)6)15(13,19(7,8)9)16(13,14)20(10,11)12/h1-12H3. The van der Waals surface area contributed by atoms with Gasteiger partial charge in [0.05, 0.1) is 32.3 Å². The van der Waals surface area contributed by atoms with Gasteiger partial charge in [-0.25, -0.2) is 0 Å². The third-order valence-electron chi connectivity index (χ3n) is 7.62. The Morgan fingerprint density at radius 2 is 0.400 bits per heavy atom. The average molecular weight is 341 g/mol. The van der Waals surface area contributed by atoms with E-state index in [1.165, 1.54) is 0 Å². The highest BCUT2D eigenvalue weighted by atomic mass is 28.3. The van der Waals surface area contributed by atoms with Crippen LogP contribution in [0.4, 0.5) is 0 Å². The molecule has 0 nitrogen and oxygen atoms in total. The molecule has 4 aliphatic rings. The summed E-state index contributed by atoms with van der Waals surface area (Å²) in [6, 6.07) is 0. The lowest BCUT2D eigenvalue weighted by Crippen LogP contribution is -2.26. The quantitative estimate of drug-likeness (QED) is 0.524. The van der Waals surface area contributed by atoms with E-state index in [2.05, 4.69) is 78.6 Å². The molecule has 116 valence electrons. The molecular weight excluding hydrogens is 305 g/mol. The highest BCUT2D eigenvalue weighted by Gasteiger charge is 3.39. The molecule has 0 bridgehead atoms. The second-order valence-corrected chi connectivity index (χ2v) is 33.0. The first-order valence-corrected chi connectivity index (χ1v) is 22.5. The molecular formula is C16H36Si4. The predicted molar refractivity (Wildman–Crippen MR) is 104 cm³/mol. The van der Waals surface area contributed by atoms with Crippen molar-refractivity contribution in [1.82, 2.24) is 0 Å². The third-order valence-corrected chi connectivity index (χ3v) is 22.6. The van der Waals surface area contributed by atoms with Gasteiger partial charge in [-0.15, -0.1) is 0 Å². The van der Waals surface area contributed by atoms with Crippen LogP contribution in [0.3, 0.4) is 0 Å². The average Bonchev–Trinajstić information content (AvgIpc) is 2.93. The van der Waals surface area contributed by atoms with E-state index in [0.29, 0.717) is 0 Å². The van der Waals surface area contributed by atoms with Gasteiger partial charge in [0.15, 0.2) is 0 Å². The lowest BCUT2D eigenvalue weighted by atomic mass is 10.9. The van der Waals surface area contributed by atoms with Gasteiger partial charge < -0.3 is 0 Å². The van der Waals surface area contributed by atoms with Crippen LogP contribution < -0.4 is 0 Å². The number of rotatable bonds is 4. The molecule has 0 radical (unpaired) electrons. The molecule has 0 amide bonds. The fourth-order valence-corrected chi connectivity index (χ4v) is 41.1. The molecule has 0 N–H and O–H groups in total. The molecule has 4 fully saturated rings. The van der Waals surface area contributed by atoms with Crippen molar-refractivity contribution in [3.8, 4) is 0 Å². The van der Waals surface area contributed by atoms with Crippen molar-refractivity contribution in [3.05, 3.63) is 0 Å². The van der Waals surface area contributed by atoms with E-state index >= 15 is 0 Å². The van der Waals surface area contributed by atoms with Gasteiger partial charge in [0.1, 0.15) is 0 Å². The molecule has 0 aromatic carbocycles. The van der Waals surface area contributed by atoms with E-state index < -0.39 is 32.3 Å². The first-order valence-electron chi connectivity index (χ1n) is 8.50. The smallest absolute Gasteiger partial charge is 0.0516 e. The first-order chi connectivity index (χ1) is 8.50. The van der Waals surface area contributed by atoms with Crippen molar-refractivity contribution in [2.75, 3.05) is 0 Å². The van der Waals surface area contributed by atoms with Crippen LogP contribution in [0.15, 0.2) is 0 Å². The summed E-state index contributed by atoms with van der Waals surface area (Å²) in [6.45, 7) is 32.5. The van der Waals surface area contributed by atoms with Gasteiger partial charge in [0, 0.05) is 0 Å². The number of hydrogen-bond acceptors (Lipinski definition) is 0. The molecule has 0 aliphatic heterocycles. The van der Waals surface area contributed by atoms with E-state index in [0.717, 1.165) is 20.2 Å². The largest absolute Gasteiger partial charge is 0.0691 e. The Balaban J connectivity index is 2.26. The van der Waals surface area contributed by atoms with Gasteiger partial charge in [-0.3, -0.25) is 0 Å². The SMILES string of the molecule is C[Si](C)(C)C12C3([Si](C)(C)C)C1([Si](C)(C)C)C23[Si](C)(C)C. The van der Waals surface area contributed by atoms with Gasteiger partial charge in [-0.1, -0.05) is 78.6 Å². The molecule has 0 aromatic rings. The fraction of sp³-hybridized carbons (Fsp3) is 1.00. The van der Waals surface area contributed by atoms with Gasteiger partial charge in [-0.05, 0) is 20.2 Å². The zero-order valence-corrected chi connectivity index (χ0v) is 20.0. The van der Waals surface area contributed by atoms with Crippen LogP contribution >= 0.6 is 0 Å². The summed E-state index contributed by atoms with van der Waals surface area (Å²) in [4.78, 5) is 0. The second kappa shape index (κ2) is 2.96. The zero-order valence-electron chi connectivity index (χ0n) is 16.0. The number of hydrogen-bond donors (Lipinski definition) is 0. The fourth-order valence-electron chi connectivity index (χ4n) is 8.81. The van der Waals surface area contributed by atoms with Gasteiger partial charge in [-0.2, -0.15) is 0 Å². The van der Waals surface area contributed by atoms with Crippen molar-refractivity contribution in [3.63, 3.8) is 0 Å². The van der Waals surface area contributed by atoms with Gasteiger partial charge >= 0.3 is 0 Å². The highest BCUT2D eigenvalue weighted by molar-refractivity contribution is 7.14. The van der Waals surface area contributed by atoms with Crippen LogP contribution in [-0.2, 0) is 0 Å². The highest BCUT2D eigenvalue weighted by Crippen LogP contribution is 3.55. The monoisotopic (exact) mass is 340 g/mol. The molecule has 20 heavy (non-hydrogen) atoms. The molecule has 0 saturated heterocycles. The molecule has 0 unspecified atom stereocenters. The van der Waals surface area contributed by atoms with E-state index in [9.17, 15) is 0 Å². The van der Waals surface area contributed by atoms with Crippen LogP contribution in [0.1, 0.15) is 0 Å². The summed E-state index contributed by atoms with van der Waals surface area (Å²) < 4.78 is 0. The van der Waals surface area contributed by atoms with Crippen molar-refractivity contribution in [2.45, 2.75) is 98.7 Å². The normalized spacial score (nSPS) is 49.8. The molecule has 0 spiro atoms. The third kappa shape index (κ3) is 0.877. The Labute approximate surface area is 131 Å². The maximum Gasteiger partial charge on any atom is 0.0516 e. The van der Waals surface area contributed by atoms with Gasteiger partial charge in [0.25, 0.3) is 0 Å². The minimum atomic E-state index is -1.08. The van der Waals surface area contributed by atoms with Crippen LogP contribution in [-0.4, -0.2) is 32.3 Å². The molecule has 4 saturated carbocycles. The van der Waals surface area contributed by atoms with E-state index in [4.69, 9.17) is 0 Å². The molecule has 0 heterocycles. The Morgan fingerprint density at radius 1 is 0.300 bits per heavy atom. The van der Waals surface area contributed by atoms with Gasteiger partial charge in [0.2, 0.25) is 0 Å². The summed E-state index contributed by atoms with van der Waals surface area (Å²) in [6.07, 6.45) is 0. The van der Waals surface area contributed by atoms with Crippen molar-refractivity contribution < 1.29 is 0 Å². The summed E-state index contributed by atoms with van der Waals surface area (Å²) in [5.74, 6) is 0. The predicted octanol–water partition coefficient (Wildman–Crippen LogP) is 6.34. The van der Waals surface area contributed by atoms with Crippen LogP contribution in [0.5, 0.6) is 0 Å². The van der Waals surface area contributed by atoms with Crippen LogP contribution in [0, 0.1) is 0 Å². The minimum absolute atomic E-state index is 0.902. The Bertz CT molecular complexity index is 379. The lowest BCUT2D eigenvalue weighted by molar-refractivity contribution is 1.27. The summed E-state index contributed by atoms with van der Waals surface area (Å²) in [5, 5.41) is 3.61. The van der Waals surface area contributed by atoms with Crippen LogP contribution in [0.25, 0.3) is 0 Å². The Kier molecular flexibility index (Phi) is 2.33. The molecule has 0 aromatic heterocycles. The zero-order chi connectivity index (χ0) is 16.0. The molecule has 4 heteroatoms. The van der Waals surface area contributed by atoms with Crippen molar-refractivity contribution in [2.24, 2.45) is 0 Å². The molecule has 4 aliphatic carbocycles. The minimum Gasteiger partial charge on any atom is -0.0691 e. The second-order valence-electron chi connectivity index (χ2n) is 12.0. The topological polar surface area (TPSA) is 0 Å². The Hall–Kier alpha value is 0.868. The summed E-state index contributed by atoms with van der Waals surface area (Å²) >= 11 is 0. The molecule has 0 atom stereocenters. The molecule has 4 rings (SSSR count). The summed E-state index contributed by atoms with van der Waals surface area (Å²) in [5.41, 5.74) is 0. The maximum absolute atomic E-state index is 2.71. The van der Waals surface area contributed by atoms with E-state index in [1.54, 1.807) is 0 Å². The van der Waals surface area contributed by atoms with Crippen LogP contribution in [0.2, 0.25) is 98.7 Å². The Morgan fingerprint density at radius 3 is 0.450 bits per heavy atom. The van der Waals surface area contributed by atoms with E-state index in [-0.39, 0.29) is 0 Å². The van der Waals surface area contributed by atoms with E-state index in [1.807, 2.05) is 0 Å². The maximum atomic E-state index is 2.71. The summed E-state index contributed by atoms with van der Waals surface area (Å²) in [7, 11) is -4.32. The lowest BCUT2D eigenvalue weighted by Gasteiger charge is -2.20. The van der Waals surface area contributed by atoms with Crippen molar-refractivity contribution in [1.29, 1.82) is 0 Å².